The fourth-order valence-electron chi connectivity index (χ4n) is 2.16. The minimum absolute atomic E-state index is 0.242. The molecule has 9 heteroatoms. The van der Waals surface area contributed by atoms with Gasteiger partial charge >= 0.3 is 0 Å². The Bertz CT molecular complexity index is 835. The van der Waals surface area contributed by atoms with Crippen LogP contribution in [0.3, 0.4) is 0 Å². The highest BCUT2D eigenvalue weighted by atomic mass is 79.9. The van der Waals surface area contributed by atoms with Crippen LogP contribution in [-0.2, 0) is 4.79 Å². The first kappa shape index (κ1) is 21.7. The Morgan fingerprint density at radius 2 is 1.74 bits per heavy atom. The van der Waals surface area contributed by atoms with Gasteiger partial charge in [0, 0.05) is 10.0 Å². The van der Waals surface area contributed by atoms with Crippen LogP contribution < -0.4 is 20.3 Å². The van der Waals surface area contributed by atoms with Crippen molar-refractivity contribution in [2.45, 2.75) is 13.8 Å². The van der Waals surface area contributed by atoms with Crippen LogP contribution in [0.2, 0.25) is 0 Å². The molecule has 6 nitrogen and oxygen atoms in total. The first-order valence-electron chi connectivity index (χ1n) is 7.91. The Morgan fingerprint density at radius 1 is 1.00 bits per heavy atom. The van der Waals surface area contributed by atoms with E-state index in [9.17, 15) is 9.59 Å². The second kappa shape index (κ2) is 10.1. The molecule has 0 fully saturated rings. The van der Waals surface area contributed by atoms with Gasteiger partial charge in [-0.3, -0.25) is 20.4 Å². The van der Waals surface area contributed by atoms with Crippen molar-refractivity contribution in [3.05, 3.63) is 54.9 Å². The highest BCUT2D eigenvalue weighted by Crippen LogP contribution is 2.32. The number of halogens is 3. The number of rotatable bonds is 6. The Kier molecular flexibility index (Phi) is 8.12. The minimum Gasteiger partial charge on any atom is -0.493 e. The van der Waals surface area contributed by atoms with Crippen LogP contribution in [0.1, 0.15) is 22.8 Å². The van der Waals surface area contributed by atoms with Crippen molar-refractivity contribution in [1.82, 2.24) is 10.9 Å². The van der Waals surface area contributed by atoms with E-state index < -0.39 is 11.8 Å². The van der Waals surface area contributed by atoms with E-state index in [1.54, 1.807) is 18.2 Å². The maximum atomic E-state index is 12.1. The van der Waals surface area contributed by atoms with Gasteiger partial charge in [-0.2, -0.15) is 0 Å². The van der Waals surface area contributed by atoms with E-state index >= 15 is 0 Å². The fourth-order valence-corrected chi connectivity index (χ4v) is 4.21. The van der Waals surface area contributed by atoms with E-state index in [0.717, 1.165) is 14.5 Å². The number of hydrogen-bond donors (Lipinski definition) is 2. The summed E-state index contributed by atoms with van der Waals surface area (Å²) in [6.45, 7) is 4.02. The Hall–Kier alpha value is -1.58. The van der Waals surface area contributed by atoms with Crippen LogP contribution in [0, 0.1) is 6.92 Å². The molecule has 0 aliphatic carbocycles. The molecule has 2 N–H and O–H groups in total. The number of hydrazine groups is 1. The van der Waals surface area contributed by atoms with Crippen LogP contribution in [0.15, 0.2) is 43.7 Å². The zero-order valence-electron chi connectivity index (χ0n) is 14.6. The van der Waals surface area contributed by atoms with Crippen molar-refractivity contribution in [3.63, 3.8) is 0 Å². The van der Waals surface area contributed by atoms with E-state index in [4.69, 9.17) is 9.47 Å². The lowest BCUT2D eigenvalue weighted by molar-refractivity contribution is -0.123. The Morgan fingerprint density at radius 3 is 2.37 bits per heavy atom. The monoisotopic (exact) mass is 562 g/mol. The molecule has 0 spiro atoms. The fraction of sp³-hybridized carbons (Fsp3) is 0.222. The lowest BCUT2D eigenvalue weighted by Crippen LogP contribution is -2.43. The summed E-state index contributed by atoms with van der Waals surface area (Å²) in [5, 5.41) is 0. The maximum Gasteiger partial charge on any atom is 0.276 e. The predicted molar refractivity (Wildman–Crippen MR) is 113 cm³/mol. The third-order valence-corrected chi connectivity index (χ3v) is 5.02. The minimum atomic E-state index is -0.484. The molecule has 2 aromatic carbocycles. The Labute approximate surface area is 182 Å². The normalized spacial score (nSPS) is 10.3. The van der Waals surface area contributed by atoms with Gasteiger partial charge in [-0.05, 0) is 81.6 Å². The summed E-state index contributed by atoms with van der Waals surface area (Å²) in [4.78, 5) is 24.1. The van der Waals surface area contributed by atoms with E-state index in [0.29, 0.717) is 28.1 Å². The number of amides is 2. The molecule has 144 valence electrons. The van der Waals surface area contributed by atoms with E-state index in [1.165, 1.54) is 0 Å². The highest BCUT2D eigenvalue weighted by Gasteiger charge is 2.12. The summed E-state index contributed by atoms with van der Waals surface area (Å²) in [5.41, 5.74) is 5.92. The summed E-state index contributed by atoms with van der Waals surface area (Å²) in [6.07, 6.45) is 0. The number of carbonyl (C=O) groups excluding carboxylic acids is 2. The number of carbonyl (C=O) groups is 2. The lowest BCUT2D eigenvalue weighted by Gasteiger charge is -2.12. The smallest absolute Gasteiger partial charge is 0.276 e. The first-order valence-corrected chi connectivity index (χ1v) is 10.3. The predicted octanol–water partition coefficient (Wildman–Crippen LogP) is 4.52. The lowest BCUT2D eigenvalue weighted by atomic mass is 10.2. The van der Waals surface area contributed by atoms with E-state index in [-0.39, 0.29) is 6.61 Å². The summed E-state index contributed by atoms with van der Waals surface area (Å²) in [6, 6.07) is 8.61. The molecule has 0 radical (unpaired) electrons. The molecular weight excluding hydrogens is 548 g/mol. The third kappa shape index (κ3) is 6.22. The molecule has 2 rings (SSSR count). The van der Waals surface area contributed by atoms with Crippen LogP contribution in [0.25, 0.3) is 0 Å². The summed E-state index contributed by atoms with van der Waals surface area (Å²) < 4.78 is 13.2. The molecule has 27 heavy (non-hydrogen) atoms. The number of nitrogens with one attached hydrogen (secondary N) is 2. The molecule has 0 bridgehead atoms. The van der Waals surface area contributed by atoms with Crippen molar-refractivity contribution in [2.24, 2.45) is 0 Å². The van der Waals surface area contributed by atoms with Gasteiger partial charge in [-0.25, -0.2) is 0 Å². The van der Waals surface area contributed by atoms with Crippen LogP contribution in [-0.4, -0.2) is 25.0 Å². The first-order chi connectivity index (χ1) is 12.8. The van der Waals surface area contributed by atoms with Gasteiger partial charge in [0.2, 0.25) is 0 Å². The zero-order valence-corrected chi connectivity index (χ0v) is 19.3. The van der Waals surface area contributed by atoms with Crippen molar-refractivity contribution >= 4 is 59.6 Å². The topological polar surface area (TPSA) is 76.7 Å². The van der Waals surface area contributed by atoms with Gasteiger partial charge in [0.25, 0.3) is 11.8 Å². The number of aryl methyl sites for hydroxylation is 1. The summed E-state index contributed by atoms with van der Waals surface area (Å²) in [5.74, 6) is 0.271. The standard InChI is InChI=1S/C18H17Br3N2O4/c1-3-26-15-5-4-11(7-13(15)20)18(25)23-22-16(24)9-27-17-10(2)6-12(19)8-14(17)21/h4-8H,3,9H2,1-2H3,(H,22,24)(H,23,25). The average molecular weight is 565 g/mol. The second-order valence-corrected chi connectivity index (χ2v) is 8.03. The summed E-state index contributed by atoms with van der Waals surface area (Å²) >= 11 is 10.1. The van der Waals surface area contributed by atoms with Gasteiger partial charge in [0.15, 0.2) is 6.61 Å². The summed E-state index contributed by atoms with van der Waals surface area (Å²) in [7, 11) is 0. The maximum absolute atomic E-state index is 12.1. The van der Waals surface area contributed by atoms with E-state index in [1.807, 2.05) is 26.0 Å². The van der Waals surface area contributed by atoms with Gasteiger partial charge in [0.05, 0.1) is 15.6 Å². The van der Waals surface area contributed by atoms with Crippen LogP contribution in [0.5, 0.6) is 11.5 Å². The number of hydrogen-bond acceptors (Lipinski definition) is 4. The van der Waals surface area contributed by atoms with Crippen LogP contribution >= 0.6 is 47.8 Å². The molecule has 2 aromatic rings. The quantitative estimate of drug-likeness (QED) is 0.506. The molecular formula is C18H17Br3N2O4. The van der Waals surface area contributed by atoms with Crippen molar-refractivity contribution in [2.75, 3.05) is 13.2 Å². The largest absolute Gasteiger partial charge is 0.493 e. The SMILES string of the molecule is CCOc1ccc(C(=O)NNC(=O)COc2c(C)cc(Br)cc2Br)cc1Br. The average Bonchev–Trinajstić information content (AvgIpc) is 2.60. The van der Waals surface area contributed by atoms with Gasteiger partial charge in [-0.1, -0.05) is 15.9 Å². The highest BCUT2D eigenvalue weighted by molar-refractivity contribution is 9.11. The Balaban J connectivity index is 1.88. The van der Waals surface area contributed by atoms with Crippen molar-refractivity contribution in [1.29, 1.82) is 0 Å². The number of ether oxygens (including phenoxy) is 2. The molecule has 0 aliphatic rings. The molecule has 0 heterocycles. The molecule has 0 saturated heterocycles. The molecule has 0 atom stereocenters. The third-order valence-electron chi connectivity index (χ3n) is 3.35. The second-order valence-electron chi connectivity index (χ2n) is 5.40. The molecule has 0 unspecified atom stereocenters. The molecule has 0 saturated carbocycles. The van der Waals surface area contributed by atoms with Crippen LogP contribution in [0.4, 0.5) is 0 Å². The number of benzene rings is 2. The van der Waals surface area contributed by atoms with Gasteiger partial charge in [0.1, 0.15) is 11.5 Å². The van der Waals surface area contributed by atoms with Crippen molar-refractivity contribution in [3.8, 4) is 11.5 Å². The molecule has 0 aromatic heterocycles. The zero-order chi connectivity index (χ0) is 20.0. The van der Waals surface area contributed by atoms with E-state index in [2.05, 4.69) is 58.6 Å². The van der Waals surface area contributed by atoms with Crippen molar-refractivity contribution < 1.29 is 19.1 Å². The van der Waals surface area contributed by atoms with Gasteiger partial charge < -0.3 is 9.47 Å². The van der Waals surface area contributed by atoms with Gasteiger partial charge in [-0.15, -0.1) is 0 Å². The molecule has 2 amide bonds. The molecule has 0 aliphatic heterocycles.